The van der Waals surface area contributed by atoms with E-state index in [1.807, 2.05) is 11.8 Å². The molecule has 0 fully saturated rings. The Morgan fingerprint density at radius 1 is 1.25 bits per heavy atom. The zero-order chi connectivity index (χ0) is 14.2. The first-order valence-corrected chi connectivity index (χ1v) is 8.62. The average Bonchev–Trinajstić information content (AvgIpc) is 3.01. The van der Waals surface area contributed by atoms with Crippen molar-refractivity contribution in [3.05, 3.63) is 39.8 Å². The smallest absolute Gasteiger partial charge is 0.131 e. The number of nitrogens with zero attached hydrogens (tertiary/aromatic N) is 2. The van der Waals surface area contributed by atoms with Gasteiger partial charge in [0.2, 0.25) is 0 Å². The molecule has 1 N–H and O–H groups in total. The molecule has 2 aromatic rings. The summed E-state index contributed by atoms with van der Waals surface area (Å²) in [6.45, 7) is 7.29. The fourth-order valence-corrected chi connectivity index (χ4v) is 4.43. The van der Waals surface area contributed by atoms with Crippen LogP contribution in [0, 0.1) is 0 Å². The van der Waals surface area contributed by atoms with Gasteiger partial charge in [0.15, 0.2) is 0 Å². The Labute approximate surface area is 128 Å². The first kappa shape index (κ1) is 14.0. The van der Waals surface area contributed by atoms with Crippen LogP contribution >= 0.6 is 23.1 Å². The molecule has 2 heterocycles. The van der Waals surface area contributed by atoms with Crippen molar-refractivity contribution in [1.82, 2.24) is 15.5 Å². The highest BCUT2D eigenvalue weighted by molar-refractivity contribution is 7.99. The highest BCUT2D eigenvalue weighted by Gasteiger charge is 2.27. The third-order valence-corrected chi connectivity index (χ3v) is 5.47. The molecule has 3 nitrogen and oxygen atoms in total. The van der Waals surface area contributed by atoms with E-state index in [9.17, 15) is 0 Å². The number of benzene rings is 1. The van der Waals surface area contributed by atoms with Crippen LogP contribution in [-0.2, 0) is 6.54 Å². The molecule has 0 amide bonds. The van der Waals surface area contributed by atoms with Crippen molar-refractivity contribution in [1.29, 1.82) is 0 Å². The third-order valence-electron chi connectivity index (χ3n) is 3.25. The van der Waals surface area contributed by atoms with Crippen LogP contribution in [0.3, 0.4) is 0 Å². The molecule has 20 heavy (non-hydrogen) atoms. The number of nitrogens with one attached hydrogen (secondary N) is 1. The molecule has 1 aliphatic rings. The number of fused-ring (bicyclic) bond motifs is 1. The molecule has 0 spiro atoms. The van der Waals surface area contributed by atoms with E-state index in [2.05, 4.69) is 60.6 Å². The van der Waals surface area contributed by atoms with Gasteiger partial charge in [-0.1, -0.05) is 29.5 Å². The maximum Gasteiger partial charge on any atom is 0.131 e. The molecular weight excluding hydrogens is 286 g/mol. The SMILES string of the molecule is CC(C)(C)NCc1nnc(C2CSc3ccccc32)s1. The van der Waals surface area contributed by atoms with Gasteiger partial charge in [-0.2, -0.15) is 0 Å². The molecule has 0 bridgehead atoms. The summed E-state index contributed by atoms with van der Waals surface area (Å²) in [7, 11) is 0. The lowest BCUT2D eigenvalue weighted by Gasteiger charge is -2.19. The van der Waals surface area contributed by atoms with Gasteiger partial charge >= 0.3 is 0 Å². The van der Waals surface area contributed by atoms with Crippen LogP contribution in [0.1, 0.15) is 42.3 Å². The van der Waals surface area contributed by atoms with Crippen molar-refractivity contribution in [2.75, 3.05) is 5.75 Å². The van der Waals surface area contributed by atoms with Crippen LogP contribution in [0.2, 0.25) is 0 Å². The van der Waals surface area contributed by atoms with E-state index in [1.165, 1.54) is 10.5 Å². The summed E-state index contributed by atoms with van der Waals surface area (Å²) >= 11 is 3.66. The summed E-state index contributed by atoms with van der Waals surface area (Å²) in [6.07, 6.45) is 0. The van der Waals surface area contributed by atoms with Gasteiger partial charge in [-0.3, -0.25) is 0 Å². The molecule has 0 saturated heterocycles. The maximum atomic E-state index is 4.41. The van der Waals surface area contributed by atoms with Crippen molar-refractivity contribution in [3.8, 4) is 0 Å². The van der Waals surface area contributed by atoms with E-state index in [0.29, 0.717) is 5.92 Å². The predicted molar refractivity (Wildman–Crippen MR) is 85.5 cm³/mol. The molecule has 1 aliphatic heterocycles. The van der Waals surface area contributed by atoms with E-state index in [1.54, 1.807) is 11.3 Å². The number of hydrogen-bond acceptors (Lipinski definition) is 5. The second-order valence-electron chi connectivity index (χ2n) is 6.04. The zero-order valence-electron chi connectivity index (χ0n) is 12.0. The van der Waals surface area contributed by atoms with Crippen LogP contribution in [0.4, 0.5) is 0 Å². The van der Waals surface area contributed by atoms with Crippen molar-refractivity contribution in [2.24, 2.45) is 0 Å². The van der Waals surface area contributed by atoms with E-state index in [-0.39, 0.29) is 5.54 Å². The Morgan fingerprint density at radius 2 is 2.05 bits per heavy atom. The quantitative estimate of drug-likeness (QED) is 0.939. The highest BCUT2D eigenvalue weighted by atomic mass is 32.2. The monoisotopic (exact) mass is 305 g/mol. The summed E-state index contributed by atoms with van der Waals surface area (Å²) in [6, 6.07) is 8.63. The molecule has 1 aromatic carbocycles. The Hall–Kier alpha value is -0.910. The Morgan fingerprint density at radius 3 is 2.85 bits per heavy atom. The van der Waals surface area contributed by atoms with Gasteiger partial charge in [-0.25, -0.2) is 0 Å². The van der Waals surface area contributed by atoms with Crippen LogP contribution in [-0.4, -0.2) is 21.5 Å². The summed E-state index contributed by atoms with van der Waals surface area (Å²) in [5.41, 5.74) is 1.52. The predicted octanol–water partition coefficient (Wildman–Crippen LogP) is 3.66. The first-order valence-electron chi connectivity index (χ1n) is 6.82. The third kappa shape index (κ3) is 3.05. The van der Waals surface area contributed by atoms with Crippen LogP contribution in [0.25, 0.3) is 0 Å². The molecule has 1 atom stereocenters. The molecule has 106 valence electrons. The summed E-state index contributed by atoms with van der Waals surface area (Å²) < 4.78 is 0. The van der Waals surface area contributed by atoms with Gasteiger partial charge in [0, 0.05) is 22.1 Å². The molecule has 5 heteroatoms. The topological polar surface area (TPSA) is 37.8 Å². The van der Waals surface area contributed by atoms with Crippen LogP contribution in [0.15, 0.2) is 29.2 Å². The number of hydrogen-bond donors (Lipinski definition) is 1. The van der Waals surface area contributed by atoms with E-state index >= 15 is 0 Å². The van der Waals surface area contributed by atoms with E-state index in [4.69, 9.17) is 0 Å². The summed E-state index contributed by atoms with van der Waals surface area (Å²) in [5.74, 6) is 1.50. The van der Waals surface area contributed by atoms with Crippen molar-refractivity contribution in [2.45, 2.75) is 43.7 Å². The molecule has 0 radical (unpaired) electrons. The lowest BCUT2D eigenvalue weighted by atomic mass is 10.0. The second-order valence-corrected chi connectivity index (χ2v) is 8.19. The minimum atomic E-state index is 0.113. The Balaban J connectivity index is 1.75. The van der Waals surface area contributed by atoms with Crippen molar-refractivity contribution in [3.63, 3.8) is 0 Å². The zero-order valence-corrected chi connectivity index (χ0v) is 13.6. The van der Waals surface area contributed by atoms with Gasteiger partial charge in [0.1, 0.15) is 10.0 Å². The minimum Gasteiger partial charge on any atom is -0.306 e. The lowest BCUT2D eigenvalue weighted by molar-refractivity contribution is 0.423. The van der Waals surface area contributed by atoms with E-state index in [0.717, 1.165) is 22.3 Å². The minimum absolute atomic E-state index is 0.113. The number of thioether (sulfide) groups is 1. The van der Waals surface area contributed by atoms with E-state index < -0.39 is 0 Å². The summed E-state index contributed by atoms with van der Waals surface area (Å²) in [5, 5.41) is 14.4. The number of aromatic nitrogens is 2. The van der Waals surface area contributed by atoms with Gasteiger partial charge in [0.25, 0.3) is 0 Å². The van der Waals surface area contributed by atoms with Gasteiger partial charge in [-0.15, -0.1) is 22.0 Å². The molecule has 0 saturated carbocycles. The Bertz CT molecular complexity index is 601. The van der Waals surface area contributed by atoms with Gasteiger partial charge in [0.05, 0.1) is 6.54 Å². The van der Waals surface area contributed by atoms with Crippen LogP contribution < -0.4 is 5.32 Å². The van der Waals surface area contributed by atoms with Crippen molar-refractivity contribution >= 4 is 23.1 Å². The summed E-state index contributed by atoms with van der Waals surface area (Å²) in [4.78, 5) is 1.39. The fourth-order valence-electron chi connectivity index (χ4n) is 2.19. The standard InChI is InChI=1S/C15H19N3S2/c1-15(2,3)16-8-13-17-18-14(20-13)11-9-19-12-7-5-4-6-10(11)12/h4-7,11,16H,8-9H2,1-3H3. The molecule has 0 aliphatic carbocycles. The fraction of sp³-hybridized carbons (Fsp3) is 0.467. The normalized spacial score (nSPS) is 18.2. The van der Waals surface area contributed by atoms with Crippen molar-refractivity contribution < 1.29 is 0 Å². The van der Waals surface area contributed by atoms with Crippen LogP contribution in [0.5, 0.6) is 0 Å². The van der Waals surface area contributed by atoms with Gasteiger partial charge < -0.3 is 5.32 Å². The average molecular weight is 305 g/mol. The number of rotatable bonds is 3. The molecule has 3 rings (SSSR count). The molecule has 1 unspecified atom stereocenters. The second kappa shape index (κ2) is 5.47. The Kier molecular flexibility index (Phi) is 3.84. The molecular formula is C15H19N3S2. The highest BCUT2D eigenvalue weighted by Crippen LogP contribution is 2.43. The lowest BCUT2D eigenvalue weighted by Crippen LogP contribution is -2.35. The first-order chi connectivity index (χ1) is 9.53. The maximum absolute atomic E-state index is 4.41. The largest absolute Gasteiger partial charge is 0.306 e. The molecule has 1 aromatic heterocycles. The van der Waals surface area contributed by atoms with Gasteiger partial charge in [-0.05, 0) is 32.4 Å².